The molecule has 1 aromatic heterocycles. The lowest BCUT2D eigenvalue weighted by Gasteiger charge is -2.37. The number of rotatable bonds is 4. The van der Waals surface area contributed by atoms with Crippen LogP contribution < -0.4 is 10.2 Å². The molecule has 186 valence electrons. The molecule has 1 amide bonds. The highest BCUT2D eigenvalue weighted by Gasteiger charge is 2.70. The Labute approximate surface area is 224 Å². The predicted octanol–water partition coefficient (Wildman–Crippen LogP) is 5.91. The van der Waals surface area contributed by atoms with Gasteiger partial charge in [-0.2, -0.15) is 0 Å². The van der Waals surface area contributed by atoms with Crippen LogP contribution in [0.15, 0.2) is 96.4 Å². The fourth-order valence-corrected chi connectivity index (χ4v) is 7.35. The van der Waals surface area contributed by atoms with Gasteiger partial charge < -0.3 is 10.2 Å². The molecular weight excluding hydrogens is 492 g/mol. The van der Waals surface area contributed by atoms with E-state index in [4.69, 9.17) is 0 Å². The standard InChI is InChI=1S/C32H24N2O3S/c1-19-13-15-24-21(18-19)14-16-26-32(22-10-5-6-11-23(22)33-31(32)37)27(30(36)25-12-7-17-38-25)28(34(24)26)29(35)20-8-3-2-4-9-20/h2-18,26-28H,1H3,(H,33,37)/t26-,27+,28-,32-/m0/s1. The third-order valence-corrected chi connectivity index (χ3v) is 9.05. The van der Waals surface area contributed by atoms with Crippen molar-refractivity contribution in [2.24, 2.45) is 5.92 Å². The molecule has 3 aromatic carbocycles. The number of ketones is 2. The number of fused-ring (bicyclic) bond motifs is 6. The summed E-state index contributed by atoms with van der Waals surface area (Å²) in [5.74, 6) is -1.52. The first kappa shape index (κ1) is 22.9. The average Bonchev–Trinajstić information content (AvgIpc) is 3.65. The molecule has 0 aliphatic carbocycles. The van der Waals surface area contributed by atoms with E-state index in [1.165, 1.54) is 11.3 Å². The molecule has 1 saturated heterocycles. The van der Waals surface area contributed by atoms with Gasteiger partial charge in [-0.1, -0.05) is 78.4 Å². The van der Waals surface area contributed by atoms with Gasteiger partial charge in [-0.3, -0.25) is 14.4 Å². The summed E-state index contributed by atoms with van der Waals surface area (Å²) in [6.45, 7) is 2.03. The summed E-state index contributed by atoms with van der Waals surface area (Å²) in [5, 5.41) is 4.92. The molecule has 1 N–H and O–H groups in total. The number of carbonyl (C=O) groups is 3. The summed E-state index contributed by atoms with van der Waals surface area (Å²) in [6.07, 6.45) is 4.04. The van der Waals surface area contributed by atoms with Crippen LogP contribution in [0.3, 0.4) is 0 Å². The quantitative estimate of drug-likeness (QED) is 0.343. The highest BCUT2D eigenvalue weighted by Crippen LogP contribution is 2.58. The molecule has 7 rings (SSSR count). The van der Waals surface area contributed by atoms with Crippen LogP contribution in [0, 0.1) is 12.8 Å². The van der Waals surface area contributed by atoms with Crippen LogP contribution in [-0.2, 0) is 10.2 Å². The van der Waals surface area contributed by atoms with Crippen molar-refractivity contribution in [2.75, 3.05) is 10.2 Å². The van der Waals surface area contributed by atoms with Crippen LogP contribution in [-0.4, -0.2) is 29.6 Å². The van der Waals surface area contributed by atoms with Crippen molar-refractivity contribution < 1.29 is 14.4 Å². The zero-order chi connectivity index (χ0) is 26.0. The first-order valence-corrected chi connectivity index (χ1v) is 13.5. The number of aryl methyl sites for hydroxylation is 1. The number of para-hydroxylation sites is 1. The molecule has 0 radical (unpaired) electrons. The Kier molecular flexibility index (Phi) is 5.03. The molecule has 0 bridgehead atoms. The third-order valence-electron chi connectivity index (χ3n) is 8.16. The summed E-state index contributed by atoms with van der Waals surface area (Å²) < 4.78 is 0. The number of Topliss-reactive ketones (excluding diaryl/α,β-unsaturated/α-hetero) is 2. The number of anilines is 2. The molecule has 3 aliphatic heterocycles. The summed E-state index contributed by atoms with van der Waals surface area (Å²) in [7, 11) is 0. The van der Waals surface area contributed by atoms with Crippen LogP contribution >= 0.6 is 11.3 Å². The summed E-state index contributed by atoms with van der Waals surface area (Å²) >= 11 is 1.34. The fraction of sp³-hybridized carbons (Fsp3) is 0.156. The van der Waals surface area contributed by atoms with Crippen LogP contribution in [0.4, 0.5) is 11.4 Å². The summed E-state index contributed by atoms with van der Waals surface area (Å²) in [6, 6.07) is 25.0. The maximum atomic E-state index is 14.5. The van der Waals surface area contributed by atoms with Gasteiger partial charge in [0.25, 0.3) is 0 Å². The molecule has 0 saturated carbocycles. The lowest BCUT2D eigenvalue weighted by Crippen LogP contribution is -2.51. The molecule has 4 atom stereocenters. The summed E-state index contributed by atoms with van der Waals surface area (Å²) in [5.41, 5.74) is 3.63. The molecule has 38 heavy (non-hydrogen) atoms. The van der Waals surface area contributed by atoms with E-state index in [2.05, 4.69) is 11.4 Å². The largest absolute Gasteiger partial charge is 0.352 e. The average molecular weight is 517 g/mol. The minimum absolute atomic E-state index is 0.165. The topological polar surface area (TPSA) is 66.5 Å². The Morgan fingerprint density at radius 3 is 2.50 bits per heavy atom. The van der Waals surface area contributed by atoms with E-state index in [-0.39, 0.29) is 17.5 Å². The second-order valence-electron chi connectivity index (χ2n) is 10.1. The highest BCUT2D eigenvalue weighted by atomic mass is 32.1. The number of hydrogen-bond donors (Lipinski definition) is 1. The Hall–Kier alpha value is -4.29. The van der Waals surface area contributed by atoms with Crippen molar-refractivity contribution in [3.05, 3.63) is 124 Å². The molecule has 4 aromatic rings. The van der Waals surface area contributed by atoms with Crippen molar-refractivity contribution in [3.8, 4) is 0 Å². The van der Waals surface area contributed by atoms with Gasteiger partial charge in [-0.05, 0) is 47.7 Å². The van der Waals surface area contributed by atoms with E-state index in [9.17, 15) is 14.4 Å². The van der Waals surface area contributed by atoms with Crippen LogP contribution in [0.2, 0.25) is 0 Å². The van der Waals surface area contributed by atoms with Gasteiger partial charge in [0.2, 0.25) is 5.91 Å². The van der Waals surface area contributed by atoms with E-state index in [0.717, 1.165) is 22.4 Å². The summed E-state index contributed by atoms with van der Waals surface area (Å²) in [4.78, 5) is 45.8. The number of thiophene rings is 1. The Morgan fingerprint density at radius 1 is 0.921 bits per heavy atom. The van der Waals surface area contributed by atoms with Gasteiger partial charge in [0.15, 0.2) is 11.6 Å². The second kappa shape index (κ2) is 8.36. The molecular formula is C32H24N2O3S. The SMILES string of the molecule is Cc1ccc2c(c1)C=C[C@@H]1N2[C@H](C(=O)c2ccccc2)[C@H](C(=O)c2cccs2)[C@@]12C(=O)Nc1ccccc12. The van der Waals surface area contributed by atoms with E-state index in [0.29, 0.717) is 16.1 Å². The second-order valence-corrected chi connectivity index (χ2v) is 11.1. The first-order chi connectivity index (χ1) is 18.5. The normalized spacial score (nSPS) is 24.6. The van der Waals surface area contributed by atoms with Crippen molar-refractivity contribution in [1.29, 1.82) is 0 Å². The van der Waals surface area contributed by atoms with E-state index >= 15 is 0 Å². The van der Waals surface area contributed by atoms with Gasteiger partial charge in [-0.25, -0.2) is 0 Å². The van der Waals surface area contributed by atoms with Gasteiger partial charge >= 0.3 is 0 Å². The van der Waals surface area contributed by atoms with Crippen LogP contribution in [0.25, 0.3) is 6.08 Å². The number of nitrogens with one attached hydrogen (secondary N) is 1. The Bertz CT molecular complexity index is 1640. The first-order valence-electron chi connectivity index (χ1n) is 12.7. The molecule has 1 fully saturated rings. The van der Waals surface area contributed by atoms with Crippen molar-refractivity contribution >= 4 is 46.3 Å². The number of carbonyl (C=O) groups excluding carboxylic acids is 3. The lowest BCUT2D eigenvalue weighted by atomic mass is 9.64. The molecule has 6 heteroatoms. The third kappa shape index (κ3) is 3.01. The number of benzene rings is 3. The van der Waals surface area contributed by atoms with E-state index < -0.39 is 23.4 Å². The zero-order valence-corrected chi connectivity index (χ0v) is 21.4. The Balaban J connectivity index is 1.55. The van der Waals surface area contributed by atoms with Crippen molar-refractivity contribution in [3.63, 3.8) is 0 Å². The fourth-order valence-electron chi connectivity index (χ4n) is 6.64. The minimum Gasteiger partial charge on any atom is -0.352 e. The number of nitrogens with zero attached hydrogens (tertiary/aromatic N) is 1. The van der Waals surface area contributed by atoms with Crippen LogP contribution in [0.5, 0.6) is 0 Å². The molecule has 1 spiro atoms. The smallest absolute Gasteiger partial charge is 0.238 e. The monoisotopic (exact) mass is 516 g/mol. The van der Waals surface area contributed by atoms with E-state index in [1.807, 2.05) is 90.0 Å². The highest BCUT2D eigenvalue weighted by molar-refractivity contribution is 7.12. The van der Waals surface area contributed by atoms with Gasteiger partial charge in [0, 0.05) is 16.9 Å². The van der Waals surface area contributed by atoms with Gasteiger partial charge in [0.05, 0.1) is 16.8 Å². The number of hydrogen-bond acceptors (Lipinski definition) is 5. The molecule has 3 aliphatic rings. The lowest BCUT2D eigenvalue weighted by molar-refractivity contribution is -0.121. The molecule has 5 nitrogen and oxygen atoms in total. The minimum atomic E-state index is -1.27. The van der Waals surface area contributed by atoms with E-state index in [1.54, 1.807) is 18.2 Å². The predicted molar refractivity (Wildman–Crippen MR) is 150 cm³/mol. The zero-order valence-electron chi connectivity index (χ0n) is 20.6. The number of amides is 1. The van der Waals surface area contributed by atoms with Crippen molar-refractivity contribution in [1.82, 2.24) is 0 Å². The Morgan fingerprint density at radius 2 is 1.71 bits per heavy atom. The van der Waals surface area contributed by atoms with Crippen LogP contribution in [0.1, 0.15) is 36.7 Å². The maximum absolute atomic E-state index is 14.5. The van der Waals surface area contributed by atoms with Crippen molar-refractivity contribution in [2.45, 2.75) is 24.4 Å². The molecule has 4 heterocycles. The van der Waals surface area contributed by atoms with Gasteiger partial charge in [0.1, 0.15) is 11.5 Å². The maximum Gasteiger partial charge on any atom is 0.238 e. The van der Waals surface area contributed by atoms with Gasteiger partial charge in [-0.15, -0.1) is 11.3 Å². The molecule has 0 unspecified atom stereocenters.